The average Bonchev–Trinajstić information content (AvgIpc) is 2.88. The minimum absolute atomic E-state index is 0.212. The van der Waals surface area contributed by atoms with E-state index in [0.29, 0.717) is 12.1 Å². The molecule has 0 aliphatic heterocycles. The van der Waals surface area contributed by atoms with Crippen LogP contribution in [0.4, 0.5) is 0 Å². The van der Waals surface area contributed by atoms with Crippen molar-refractivity contribution in [1.29, 1.82) is 0 Å². The quantitative estimate of drug-likeness (QED) is 0.834. The van der Waals surface area contributed by atoms with Crippen LogP contribution in [0.1, 0.15) is 40.2 Å². The maximum atomic E-state index is 10.8. The number of aromatic carboxylic acids is 1. The number of rotatable bonds is 6. The van der Waals surface area contributed by atoms with Gasteiger partial charge in [-0.15, -0.1) is 11.3 Å². The molecule has 0 aliphatic carbocycles. The molecule has 0 saturated carbocycles. The van der Waals surface area contributed by atoms with Crippen molar-refractivity contribution in [2.75, 3.05) is 0 Å². The van der Waals surface area contributed by atoms with Crippen molar-refractivity contribution in [3.8, 4) is 0 Å². The molecule has 1 aromatic heterocycles. The van der Waals surface area contributed by atoms with E-state index in [4.69, 9.17) is 16.7 Å². The summed E-state index contributed by atoms with van der Waals surface area (Å²) in [6.45, 7) is 2.76. The first-order chi connectivity index (χ1) is 9.60. The van der Waals surface area contributed by atoms with E-state index in [9.17, 15) is 4.79 Å². The molecular weight excluding hydrogens is 294 g/mol. The summed E-state index contributed by atoms with van der Waals surface area (Å²) >= 11 is 7.47. The highest BCUT2D eigenvalue weighted by Gasteiger charge is 2.11. The van der Waals surface area contributed by atoms with Gasteiger partial charge >= 0.3 is 5.97 Å². The molecule has 0 amide bonds. The Morgan fingerprint density at radius 3 is 2.85 bits per heavy atom. The predicted octanol–water partition coefficient (Wildman–Crippen LogP) is 4.34. The highest BCUT2D eigenvalue weighted by molar-refractivity contribution is 7.10. The molecule has 5 heteroatoms. The van der Waals surface area contributed by atoms with Crippen LogP contribution in [-0.4, -0.2) is 11.1 Å². The zero-order valence-corrected chi connectivity index (χ0v) is 12.7. The lowest BCUT2D eigenvalue weighted by Gasteiger charge is -2.17. The van der Waals surface area contributed by atoms with Gasteiger partial charge in [-0.25, -0.2) is 4.79 Å². The van der Waals surface area contributed by atoms with Gasteiger partial charge in [-0.3, -0.25) is 0 Å². The van der Waals surface area contributed by atoms with Crippen molar-refractivity contribution < 1.29 is 9.90 Å². The molecule has 3 nitrogen and oxygen atoms in total. The standard InChI is InChI=1S/C15H16ClNO2S/c1-2-14(10-4-3-5-12(16)6-10)17-8-13-7-11(9-20-13)15(18)19/h3-7,9,14,17H,2,8H2,1H3,(H,18,19). The van der Waals surface area contributed by atoms with Crippen LogP contribution < -0.4 is 5.32 Å². The molecule has 2 rings (SSSR count). The lowest BCUT2D eigenvalue weighted by molar-refractivity contribution is 0.0697. The first-order valence-corrected chi connectivity index (χ1v) is 7.65. The summed E-state index contributed by atoms with van der Waals surface area (Å²) in [4.78, 5) is 11.9. The largest absolute Gasteiger partial charge is 0.478 e. The summed E-state index contributed by atoms with van der Waals surface area (Å²) in [5, 5.41) is 14.7. The van der Waals surface area contributed by atoms with Crippen molar-refractivity contribution in [2.24, 2.45) is 0 Å². The van der Waals surface area contributed by atoms with E-state index in [-0.39, 0.29) is 6.04 Å². The van der Waals surface area contributed by atoms with E-state index in [2.05, 4.69) is 12.2 Å². The molecule has 1 atom stereocenters. The third-order valence-electron chi connectivity index (χ3n) is 3.08. The van der Waals surface area contributed by atoms with Crippen LogP contribution in [-0.2, 0) is 6.54 Å². The van der Waals surface area contributed by atoms with E-state index in [0.717, 1.165) is 21.9 Å². The second kappa shape index (κ2) is 6.88. The normalized spacial score (nSPS) is 12.3. The van der Waals surface area contributed by atoms with Crippen LogP contribution in [0.25, 0.3) is 0 Å². The van der Waals surface area contributed by atoms with Crippen LogP contribution in [0.3, 0.4) is 0 Å². The predicted molar refractivity (Wildman–Crippen MR) is 82.6 cm³/mol. The molecule has 0 fully saturated rings. The fourth-order valence-corrected chi connectivity index (χ4v) is 3.04. The van der Waals surface area contributed by atoms with Gasteiger partial charge in [0.15, 0.2) is 0 Å². The lowest BCUT2D eigenvalue weighted by atomic mass is 10.0. The number of hydrogen-bond donors (Lipinski definition) is 2. The summed E-state index contributed by atoms with van der Waals surface area (Å²) in [5.74, 6) is -0.880. The van der Waals surface area contributed by atoms with Gasteiger partial charge in [0.05, 0.1) is 5.56 Å². The van der Waals surface area contributed by atoms with E-state index in [1.54, 1.807) is 11.4 Å². The first kappa shape index (κ1) is 15.0. The number of carboxylic acid groups (broad SMARTS) is 1. The Bertz CT molecular complexity index is 597. The Balaban J connectivity index is 2.01. The minimum Gasteiger partial charge on any atom is -0.478 e. The van der Waals surface area contributed by atoms with E-state index in [1.165, 1.54) is 11.3 Å². The SMILES string of the molecule is CCC(NCc1cc(C(=O)O)cs1)c1cccc(Cl)c1. The summed E-state index contributed by atoms with van der Waals surface area (Å²) in [7, 11) is 0. The Labute approximate surface area is 127 Å². The molecule has 0 saturated heterocycles. The number of thiophene rings is 1. The Morgan fingerprint density at radius 2 is 2.25 bits per heavy atom. The molecule has 1 unspecified atom stereocenters. The number of carboxylic acids is 1. The summed E-state index contributed by atoms with van der Waals surface area (Å²) in [5.41, 5.74) is 1.50. The second-order valence-corrected chi connectivity index (χ2v) is 5.94. The summed E-state index contributed by atoms with van der Waals surface area (Å²) in [6.07, 6.45) is 0.942. The molecule has 106 valence electrons. The molecule has 0 spiro atoms. The van der Waals surface area contributed by atoms with Crippen LogP contribution in [0.15, 0.2) is 35.7 Å². The van der Waals surface area contributed by atoms with E-state index < -0.39 is 5.97 Å². The zero-order valence-electron chi connectivity index (χ0n) is 11.1. The van der Waals surface area contributed by atoms with E-state index in [1.807, 2.05) is 24.3 Å². The van der Waals surface area contributed by atoms with Gasteiger partial charge in [-0.05, 0) is 30.2 Å². The third-order valence-corrected chi connectivity index (χ3v) is 4.25. The van der Waals surface area contributed by atoms with Gasteiger partial charge in [-0.2, -0.15) is 0 Å². The first-order valence-electron chi connectivity index (χ1n) is 6.39. The number of benzene rings is 1. The second-order valence-electron chi connectivity index (χ2n) is 4.50. The molecule has 1 heterocycles. The van der Waals surface area contributed by atoms with E-state index >= 15 is 0 Å². The smallest absolute Gasteiger partial charge is 0.336 e. The van der Waals surface area contributed by atoms with Crippen molar-refractivity contribution in [3.63, 3.8) is 0 Å². The topological polar surface area (TPSA) is 49.3 Å². The number of nitrogens with one attached hydrogen (secondary N) is 1. The highest BCUT2D eigenvalue weighted by Crippen LogP contribution is 2.22. The molecular formula is C15H16ClNO2S. The summed E-state index contributed by atoms with van der Waals surface area (Å²) in [6, 6.07) is 9.73. The molecule has 2 N–H and O–H groups in total. The fraction of sp³-hybridized carbons (Fsp3) is 0.267. The average molecular weight is 310 g/mol. The number of carbonyl (C=O) groups is 1. The monoisotopic (exact) mass is 309 g/mol. The van der Waals surface area contributed by atoms with Crippen molar-refractivity contribution >= 4 is 28.9 Å². The van der Waals surface area contributed by atoms with Crippen LogP contribution in [0.5, 0.6) is 0 Å². The van der Waals surface area contributed by atoms with Gasteiger partial charge in [0, 0.05) is 27.9 Å². The van der Waals surface area contributed by atoms with Crippen molar-refractivity contribution in [1.82, 2.24) is 5.32 Å². The van der Waals surface area contributed by atoms with Gasteiger partial charge in [-0.1, -0.05) is 30.7 Å². The summed E-state index contributed by atoms with van der Waals surface area (Å²) < 4.78 is 0. The Hall–Kier alpha value is -1.36. The molecule has 0 bridgehead atoms. The molecule has 0 radical (unpaired) electrons. The van der Waals surface area contributed by atoms with Gasteiger partial charge in [0.1, 0.15) is 0 Å². The van der Waals surface area contributed by atoms with Crippen LogP contribution >= 0.6 is 22.9 Å². The number of hydrogen-bond acceptors (Lipinski definition) is 3. The van der Waals surface area contributed by atoms with Gasteiger partial charge < -0.3 is 10.4 Å². The molecule has 2 aromatic rings. The Morgan fingerprint density at radius 1 is 1.45 bits per heavy atom. The lowest BCUT2D eigenvalue weighted by Crippen LogP contribution is -2.19. The van der Waals surface area contributed by atoms with Crippen molar-refractivity contribution in [2.45, 2.75) is 25.9 Å². The Kier molecular flexibility index (Phi) is 5.17. The highest BCUT2D eigenvalue weighted by atomic mass is 35.5. The third kappa shape index (κ3) is 3.82. The molecule has 0 aliphatic rings. The van der Waals surface area contributed by atoms with Crippen molar-refractivity contribution in [3.05, 3.63) is 56.7 Å². The molecule has 1 aromatic carbocycles. The fourth-order valence-electron chi connectivity index (χ4n) is 2.03. The zero-order chi connectivity index (χ0) is 14.5. The number of halogens is 1. The maximum Gasteiger partial charge on any atom is 0.336 e. The van der Waals surface area contributed by atoms with Gasteiger partial charge in [0.2, 0.25) is 0 Å². The van der Waals surface area contributed by atoms with Crippen LogP contribution in [0.2, 0.25) is 5.02 Å². The molecule has 20 heavy (non-hydrogen) atoms. The van der Waals surface area contributed by atoms with Crippen LogP contribution in [0, 0.1) is 0 Å². The van der Waals surface area contributed by atoms with Gasteiger partial charge in [0.25, 0.3) is 0 Å². The maximum absolute atomic E-state index is 10.8. The minimum atomic E-state index is -0.880.